The molecule has 2 aromatic heterocycles. The Kier molecular flexibility index (Phi) is 11.1. The van der Waals surface area contributed by atoms with E-state index in [0.717, 1.165) is 88.1 Å². The molecule has 10 nitrogen and oxygen atoms in total. The summed E-state index contributed by atoms with van der Waals surface area (Å²) in [4.78, 5) is 38.5. The Bertz CT molecular complexity index is 2600. The van der Waals surface area contributed by atoms with E-state index in [1.54, 1.807) is 24.4 Å². The van der Waals surface area contributed by atoms with E-state index >= 15 is 4.79 Å². The number of rotatable bonds is 6. The van der Waals surface area contributed by atoms with Gasteiger partial charge in [-0.05, 0) is 123 Å². The second kappa shape index (κ2) is 17.0. The number of hydrogen-bond acceptors (Lipinski definition) is 7. The molecule has 326 valence electrons. The van der Waals surface area contributed by atoms with Crippen LogP contribution in [0.3, 0.4) is 0 Å². The Morgan fingerprint density at radius 1 is 0.873 bits per heavy atom. The highest BCUT2D eigenvalue weighted by atomic mass is 16.5. The van der Waals surface area contributed by atoms with Crippen molar-refractivity contribution in [2.45, 2.75) is 113 Å². The molecule has 0 amide bonds. The maximum atomic E-state index is 15.7. The van der Waals surface area contributed by atoms with Crippen LogP contribution in [-0.2, 0) is 28.9 Å². The molecule has 1 saturated carbocycles. The predicted octanol–water partition coefficient (Wildman–Crippen LogP) is 9.26. The lowest BCUT2D eigenvalue weighted by Gasteiger charge is -2.43. The van der Waals surface area contributed by atoms with Crippen molar-refractivity contribution in [1.29, 1.82) is 0 Å². The molecule has 1 fully saturated rings. The number of ether oxygens (including phenoxy) is 1. The first-order valence-corrected chi connectivity index (χ1v) is 22.9. The first kappa shape index (κ1) is 41.2. The van der Waals surface area contributed by atoms with Crippen molar-refractivity contribution in [3.8, 4) is 17.2 Å². The topological polar surface area (TPSA) is 168 Å². The monoisotopic (exact) mass is 845 g/mol. The van der Waals surface area contributed by atoms with Crippen LogP contribution in [-0.4, -0.2) is 61.3 Å². The van der Waals surface area contributed by atoms with Crippen molar-refractivity contribution in [2.24, 2.45) is 11.8 Å². The highest BCUT2D eigenvalue weighted by Gasteiger charge is 2.45. The third-order valence-corrected chi connectivity index (χ3v) is 14.6. The van der Waals surface area contributed by atoms with Crippen LogP contribution in [0.15, 0.2) is 90.8 Å². The molecule has 63 heavy (non-hydrogen) atoms. The molecule has 6 atom stereocenters. The van der Waals surface area contributed by atoms with Crippen LogP contribution in [0.4, 0.5) is 5.82 Å². The fourth-order valence-corrected chi connectivity index (χ4v) is 11.3. The number of hydrogen-bond donors (Lipinski definition) is 5. The van der Waals surface area contributed by atoms with Gasteiger partial charge in [-0.2, -0.15) is 6.20 Å². The minimum absolute atomic E-state index is 0.0129. The third kappa shape index (κ3) is 8.04. The zero-order chi connectivity index (χ0) is 43.2. The summed E-state index contributed by atoms with van der Waals surface area (Å²) in [5.41, 5.74) is 7.34. The molecule has 1 aliphatic heterocycles. The van der Waals surface area contributed by atoms with E-state index in [9.17, 15) is 25.2 Å². The van der Waals surface area contributed by atoms with Crippen LogP contribution in [0.25, 0.3) is 17.5 Å². The molecule has 6 unspecified atom stereocenters. The Morgan fingerprint density at radius 2 is 1.73 bits per heavy atom. The molecule has 0 spiro atoms. The van der Waals surface area contributed by atoms with Crippen LogP contribution >= 0.6 is 0 Å². The lowest BCUT2D eigenvalue weighted by atomic mass is 9.65. The first-order chi connectivity index (χ1) is 30.6. The van der Waals surface area contributed by atoms with Crippen LogP contribution < -0.4 is 9.72 Å². The summed E-state index contributed by atoms with van der Waals surface area (Å²) < 4.78 is 6.45. The Labute approximate surface area is 368 Å². The number of phenolic OH excluding ortho intramolecular Hbond substituents is 2. The first-order valence-electron chi connectivity index (χ1n) is 22.9. The second-order valence-corrected chi connectivity index (χ2v) is 18.5. The largest absolute Gasteiger partial charge is 0.664 e. The molecular formula is C53H55N3O7-2. The van der Waals surface area contributed by atoms with Gasteiger partial charge < -0.3 is 40.4 Å². The van der Waals surface area contributed by atoms with Gasteiger partial charge in [0.1, 0.15) is 11.5 Å². The number of aliphatic hydroxyl groups excluding tert-OH is 1. The fourth-order valence-electron chi connectivity index (χ4n) is 11.3. The highest BCUT2D eigenvalue weighted by molar-refractivity contribution is 6.05. The van der Waals surface area contributed by atoms with E-state index in [2.05, 4.69) is 35.3 Å². The van der Waals surface area contributed by atoms with E-state index in [1.807, 2.05) is 42.6 Å². The number of aromatic hydroxyl groups is 2. The van der Waals surface area contributed by atoms with Crippen LogP contribution in [0.2, 0.25) is 0 Å². The van der Waals surface area contributed by atoms with E-state index in [1.165, 1.54) is 0 Å². The SMILES string of the molecule is O=C1CCc2cc(c(O)c(OC3CCCC3)c2)Cc2cccc(c2)C2CCC([N-]c3[nH]ccc32)C2=Cc3[n-]ccc3C(CC3(O)C=Cc4c(O)cccc4CC3)C2C(=O)C1CCO. The molecule has 4 aliphatic carbocycles. The molecule has 6 bridgehead atoms. The Balaban J connectivity index is 1.09. The molecule has 3 heterocycles. The molecule has 5 N–H and O–H groups in total. The van der Waals surface area contributed by atoms with Gasteiger partial charge in [0, 0.05) is 42.4 Å². The molecule has 5 aliphatic rings. The lowest BCUT2D eigenvalue weighted by molar-refractivity contribution is -0.135. The summed E-state index contributed by atoms with van der Waals surface area (Å²) in [6.07, 6.45) is 16.4. The molecule has 10 rings (SSSR count). The van der Waals surface area contributed by atoms with Crippen molar-refractivity contribution in [2.75, 3.05) is 6.61 Å². The predicted molar refractivity (Wildman–Crippen MR) is 241 cm³/mol. The number of aryl methyl sites for hydroxylation is 2. The number of benzene rings is 3. The number of fused-ring (bicyclic) bond motifs is 14. The highest BCUT2D eigenvalue weighted by Crippen LogP contribution is 2.52. The zero-order valence-electron chi connectivity index (χ0n) is 35.5. The number of aromatic nitrogens is 2. The minimum atomic E-state index is -1.37. The van der Waals surface area contributed by atoms with E-state index in [0.29, 0.717) is 43.4 Å². The summed E-state index contributed by atoms with van der Waals surface area (Å²) >= 11 is 0. The van der Waals surface area contributed by atoms with E-state index in [-0.39, 0.29) is 61.0 Å². The summed E-state index contributed by atoms with van der Waals surface area (Å²) in [5.74, 6) is -1.67. The number of aliphatic hydroxyl groups is 2. The molecule has 0 saturated heterocycles. The molecule has 5 aromatic rings. The van der Waals surface area contributed by atoms with Gasteiger partial charge in [-0.15, -0.1) is 5.69 Å². The lowest BCUT2D eigenvalue weighted by Crippen LogP contribution is -2.41. The molecular weight excluding hydrogens is 791 g/mol. The number of H-pyrrole nitrogens is 1. The fraction of sp³-hybridized carbons (Fsp3) is 0.396. The van der Waals surface area contributed by atoms with Gasteiger partial charge in [-0.3, -0.25) is 9.59 Å². The zero-order valence-corrected chi connectivity index (χ0v) is 35.5. The summed E-state index contributed by atoms with van der Waals surface area (Å²) in [5, 5.41) is 50.9. The van der Waals surface area contributed by atoms with Gasteiger partial charge >= 0.3 is 0 Å². The molecule has 3 aromatic carbocycles. The van der Waals surface area contributed by atoms with E-state index < -0.39 is 29.4 Å². The quantitative estimate of drug-likeness (QED) is 0.105. The standard InChI is InChI=1S/C53H55N3O7/c57-24-19-41-47(59)14-11-32-27-35(50(60)48(28-32)63-36-8-1-2-9-36)26-31-5-3-7-34(25-31)37-12-13-44(56-52-40(37)18-23-55-52)42-29-45-39(17-22-54-45)43(49(42)51(41)61)30-53(62)20-15-33-6-4-10-46(58)38(33)16-21-53/h3-7,10,16-18,21-23,25,27-29,36-37,41,43-44,49,55,57-58,60,62H,1-2,8-9,11-15,19-20,24,26,30H2/q-2. The number of Topliss-reactive ketones (excluding diaryl/α,β-unsaturated/α-hetero) is 2. The van der Waals surface area contributed by atoms with Gasteiger partial charge in [0.2, 0.25) is 0 Å². The summed E-state index contributed by atoms with van der Waals surface area (Å²) in [7, 11) is 0. The summed E-state index contributed by atoms with van der Waals surface area (Å²) in [6.45, 7) is -0.349. The Hall–Kier alpha value is -5.84. The molecule has 10 heteroatoms. The van der Waals surface area contributed by atoms with Crippen molar-refractivity contribution in [3.05, 3.63) is 146 Å². The number of phenols is 2. The van der Waals surface area contributed by atoms with Crippen molar-refractivity contribution < 1.29 is 34.8 Å². The normalized spacial score (nSPS) is 25.9. The van der Waals surface area contributed by atoms with Gasteiger partial charge in [-0.1, -0.05) is 96.0 Å². The molecule has 0 radical (unpaired) electrons. The number of nitrogens with zero attached hydrogens (tertiary/aromatic N) is 2. The van der Waals surface area contributed by atoms with Gasteiger partial charge in [0.05, 0.1) is 17.6 Å². The van der Waals surface area contributed by atoms with Crippen LogP contribution in [0.5, 0.6) is 17.2 Å². The third-order valence-electron chi connectivity index (χ3n) is 14.6. The average Bonchev–Trinajstić information content (AvgIpc) is 4.04. The Morgan fingerprint density at radius 3 is 2.59 bits per heavy atom. The smallest absolute Gasteiger partial charge is 0.161 e. The van der Waals surface area contributed by atoms with Gasteiger partial charge in [0.25, 0.3) is 0 Å². The van der Waals surface area contributed by atoms with Crippen LogP contribution in [0, 0.1) is 11.8 Å². The number of carbonyl (C=O) groups excluding carboxylic acids is 2. The van der Waals surface area contributed by atoms with Gasteiger partial charge in [-0.25, -0.2) is 0 Å². The maximum Gasteiger partial charge on any atom is 0.161 e. The van der Waals surface area contributed by atoms with Gasteiger partial charge in [0.15, 0.2) is 17.3 Å². The minimum Gasteiger partial charge on any atom is -0.664 e. The summed E-state index contributed by atoms with van der Waals surface area (Å²) in [6, 6.07) is 21.3. The maximum absolute atomic E-state index is 15.7. The van der Waals surface area contributed by atoms with Crippen molar-refractivity contribution in [1.82, 2.24) is 9.97 Å². The van der Waals surface area contributed by atoms with E-state index in [4.69, 9.17) is 15.0 Å². The number of nitrogens with one attached hydrogen (secondary N) is 1. The van der Waals surface area contributed by atoms with Crippen molar-refractivity contribution in [3.63, 3.8) is 0 Å². The number of ketones is 2. The average molecular weight is 846 g/mol. The number of carbonyl (C=O) groups is 2. The number of aromatic amines is 1. The van der Waals surface area contributed by atoms with Crippen molar-refractivity contribution >= 4 is 29.5 Å². The van der Waals surface area contributed by atoms with Crippen LogP contribution in [0.1, 0.15) is 126 Å². The second-order valence-electron chi connectivity index (χ2n) is 18.5.